The lowest BCUT2D eigenvalue weighted by atomic mass is 10.1. The molecule has 1 fully saturated rings. The predicted molar refractivity (Wildman–Crippen MR) is 104 cm³/mol. The third-order valence-corrected chi connectivity index (χ3v) is 6.90. The molecule has 1 atom stereocenters. The highest BCUT2D eigenvalue weighted by Gasteiger charge is 2.32. The molecular formula is C19H24N4O5S. The lowest BCUT2D eigenvalue weighted by molar-refractivity contribution is -0.121. The summed E-state index contributed by atoms with van der Waals surface area (Å²) < 4.78 is 38.9. The molecule has 10 heteroatoms. The van der Waals surface area contributed by atoms with E-state index < -0.39 is 10.0 Å². The van der Waals surface area contributed by atoms with Crippen LogP contribution in [0, 0.1) is 6.92 Å². The summed E-state index contributed by atoms with van der Waals surface area (Å²) in [7, 11) is -3.70. The molecule has 1 aromatic carbocycles. The molecule has 4 rings (SSSR count). The second-order valence-corrected chi connectivity index (χ2v) is 9.29. The van der Waals surface area contributed by atoms with Gasteiger partial charge in [-0.2, -0.15) is 4.98 Å². The third kappa shape index (κ3) is 3.99. The molecule has 2 heterocycles. The standard InChI is InChI=1S/C19H24N4O5S/c1-4-12(3)22-29(25,26)16-8-15-14(7-11(16)2)23(18(24)10-27-15)9-17-20-19(28-21-17)13-5-6-13/h7-8,12-13,22H,4-6,9-10H2,1-3H3/t12-/m1/s1. The molecule has 0 bridgehead atoms. The molecule has 1 N–H and O–H groups in total. The quantitative estimate of drug-likeness (QED) is 0.730. The van der Waals surface area contributed by atoms with Gasteiger partial charge in [-0.25, -0.2) is 13.1 Å². The van der Waals surface area contributed by atoms with Gasteiger partial charge in [0, 0.05) is 18.0 Å². The first-order chi connectivity index (χ1) is 13.8. The van der Waals surface area contributed by atoms with E-state index in [1.165, 1.54) is 11.0 Å². The molecule has 0 spiro atoms. The first kappa shape index (κ1) is 19.8. The molecule has 1 aliphatic heterocycles. The second kappa shape index (κ2) is 7.42. The van der Waals surface area contributed by atoms with Gasteiger partial charge in [0.05, 0.1) is 17.1 Å². The molecule has 0 unspecified atom stereocenters. The number of hydrogen-bond donors (Lipinski definition) is 1. The number of fused-ring (bicyclic) bond motifs is 1. The molecule has 156 valence electrons. The van der Waals surface area contributed by atoms with Crippen LogP contribution in [0.4, 0.5) is 5.69 Å². The Balaban J connectivity index is 1.64. The normalized spacial score (nSPS) is 17.8. The van der Waals surface area contributed by atoms with Crippen molar-refractivity contribution in [2.75, 3.05) is 11.5 Å². The van der Waals surface area contributed by atoms with Crippen LogP contribution in [0.3, 0.4) is 0 Å². The van der Waals surface area contributed by atoms with Gasteiger partial charge < -0.3 is 9.26 Å². The van der Waals surface area contributed by atoms with E-state index in [-0.39, 0.29) is 30.0 Å². The molecule has 1 saturated carbocycles. The molecule has 29 heavy (non-hydrogen) atoms. The number of carbonyl (C=O) groups excluding carboxylic acids is 1. The van der Waals surface area contributed by atoms with Gasteiger partial charge in [-0.15, -0.1) is 0 Å². The van der Waals surface area contributed by atoms with E-state index in [2.05, 4.69) is 14.9 Å². The van der Waals surface area contributed by atoms with Crippen LogP contribution in [0.25, 0.3) is 0 Å². The first-order valence-electron chi connectivity index (χ1n) is 9.71. The Morgan fingerprint density at radius 1 is 1.34 bits per heavy atom. The number of aromatic nitrogens is 2. The monoisotopic (exact) mass is 420 g/mol. The van der Waals surface area contributed by atoms with Crippen LogP contribution in [0.5, 0.6) is 5.75 Å². The highest BCUT2D eigenvalue weighted by molar-refractivity contribution is 7.89. The Morgan fingerprint density at radius 3 is 2.79 bits per heavy atom. The van der Waals surface area contributed by atoms with Crippen LogP contribution in [0.2, 0.25) is 0 Å². The summed E-state index contributed by atoms with van der Waals surface area (Å²) in [5.74, 6) is 1.45. The van der Waals surface area contributed by atoms with Gasteiger partial charge >= 0.3 is 0 Å². The summed E-state index contributed by atoms with van der Waals surface area (Å²) in [5, 5.41) is 3.97. The molecule has 1 aromatic heterocycles. The van der Waals surface area contributed by atoms with Crippen LogP contribution in [-0.4, -0.2) is 37.1 Å². The van der Waals surface area contributed by atoms with Crippen molar-refractivity contribution in [2.45, 2.75) is 63.4 Å². The first-order valence-corrected chi connectivity index (χ1v) is 11.2. The van der Waals surface area contributed by atoms with E-state index >= 15 is 0 Å². The van der Waals surface area contributed by atoms with E-state index in [0.717, 1.165) is 12.8 Å². The van der Waals surface area contributed by atoms with Gasteiger partial charge in [-0.3, -0.25) is 9.69 Å². The Morgan fingerprint density at radius 2 is 2.10 bits per heavy atom. The highest BCUT2D eigenvalue weighted by Crippen LogP contribution is 2.40. The zero-order valence-corrected chi connectivity index (χ0v) is 17.5. The second-order valence-electron chi connectivity index (χ2n) is 7.61. The molecule has 2 aromatic rings. The lowest BCUT2D eigenvalue weighted by Gasteiger charge is -2.29. The van der Waals surface area contributed by atoms with Crippen LogP contribution >= 0.6 is 0 Å². The Kier molecular flexibility index (Phi) is 5.07. The van der Waals surface area contributed by atoms with Crippen LogP contribution in [0.15, 0.2) is 21.6 Å². The topological polar surface area (TPSA) is 115 Å². The average Bonchev–Trinajstić information content (AvgIpc) is 3.42. The number of aryl methyl sites for hydroxylation is 1. The smallest absolute Gasteiger partial charge is 0.265 e. The van der Waals surface area contributed by atoms with E-state index in [1.807, 2.05) is 13.8 Å². The fourth-order valence-corrected chi connectivity index (χ4v) is 4.74. The number of carbonyl (C=O) groups is 1. The average molecular weight is 420 g/mol. The van der Waals surface area contributed by atoms with Crippen molar-refractivity contribution in [3.05, 3.63) is 29.4 Å². The van der Waals surface area contributed by atoms with Crippen LogP contribution < -0.4 is 14.4 Å². The minimum Gasteiger partial charge on any atom is -0.482 e. The number of ether oxygens (including phenoxy) is 1. The molecule has 0 radical (unpaired) electrons. The SMILES string of the molecule is CC[C@@H](C)NS(=O)(=O)c1cc2c(cc1C)N(Cc1noc(C3CC3)n1)C(=O)CO2. The van der Waals surface area contributed by atoms with E-state index in [4.69, 9.17) is 9.26 Å². The van der Waals surface area contributed by atoms with Crippen LogP contribution in [0.1, 0.15) is 56.3 Å². The predicted octanol–water partition coefficient (Wildman–Crippen LogP) is 2.26. The van der Waals surface area contributed by atoms with Crippen molar-refractivity contribution in [3.8, 4) is 5.75 Å². The van der Waals surface area contributed by atoms with Gasteiger partial charge in [0.2, 0.25) is 15.9 Å². The maximum Gasteiger partial charge on any atom is 0.265 e. The summed E-state index contributed by atoms with van der Waals surface area (Å²) >= 11 is 0. The zero-order chi connectivity index (χ0) is 20.8. The molecule has 1 amide bonds. The van der Waals surface area contributed by atoms with Crippen molar-refractivity contribution < 1.29 is 22.5 Å². The molecule has 0 saturated heterocycles. The van der Waals surface area contributed by atoms with E-state index in [9.17, 15) is 13.2 Å². The Bertz CT molecular complexity index is 1040. The lowest BCUT2D eigenvalue weighted by Crippen LogP contribution is -2.39. The van der Waals surface area contributed by atoms with E-state index in [1.54, 1.807) is 13.0 Å². The van der Waals surface area contributed by atoms with Crippen LogP contribution in [-0.2, 0) is 21.4 Å². The number of hydrogen-bond acceptors (Lipinski definition) is 7. The van der Waals surface area contributed by atoms with Crippen molar-refractivity contribution in [2.24, 2.45) is 0 Å². The fourth-order valence-electron chi connectivity index (χ4n) is 3.18. The minimum atomic E-state index is -3.70. The van der Waals surface area contributed by atoms with Gasteiger partial charge in [0.15, 0.2) is 12.4 Å². The maximum absolute atomic E-state index is 12.7. The highest BCUT2D eigenvalue weighted by atomic mass is 32.2. The number of nitrogens with zero attached hydrogens (tertiary/aromatic N) is 3. The van der Waals surface area contributed by atoms with Crippen molar-refractivity contribution in [1.82, 2.24) is 14.9 Å². The van der Waals surface area contributed by atoms with Gasteiger partial charge in [0.1, 0.15) is 5.75 Å². The fraction of sp³-hybridized carbons (Fsp3) is 0.526. The summed E-state index contributed by atoms with van der Waals surface area (Å²) in [6.45, 7) is 5.38. The number of amides is 1. The summed E-state index contributed by atoms with van der Waals surface area (Å²) in [4.78, 5) is 18.5. The minimum absolute atomic E-state index is 0.140. The van der Waals surface area contributed by atoms with Crippen molar-refractivity contribution in [3.63, 3.8) is 0 Å². The summed E-state index contributed by atoms with van der Waals surface area (Å²) in [6.07, 6.45) is 2.76. The molecule has 1 aliphatic carbocycles. The maximum atomic E-state index is 12.7. The number of nitrogens with one attached hydrogen (secondary N) is 1. The van der Waals surface area contributed by atoms with Gasteiger partial charge in [0.25, 0.3) is 5.91 Å². The Labute approximate surface area is 169 Å². The van der Waals surface area contributed by atoms with E-state index in [0.29, 0.717) is 41.1 Å². The number of sulfonamides is 1. The van der Waals surface area contributed by atoms with Crippen molar-refractivity contribution >= 4 is 21.6 Å². The number of benzene rings is 1. The van der Waals surface area contributed by atoms with Gasteiger partial charge in [-0.1, -0.05) is 12.1 Å². The third-order valence-electron chi connectivity index (χ3n) is 5.17. The summed E-state index contributed by atoms with van der Waals surface area (Å²) in [5.41, 5.74) is 1.02. The number of rotatable bonds is 7. The number of anilines is 1. The zero-order valence-electron chi connectivity index (χ0n) is 16.6. The summed E-state index contributed by atoms with van der Waals surface area (Å²) in [6, 6.07) is 2.94. The largest absolute Gasteiger partial charge is 0.482 e. The van der Waals surface area contributed by atoms with Gasteiger partial charge in [-0.05, 0) is 44.7 Å². The Hall–Kier alpha value is -2.46. The molecular weight excluding hydrogens is 396 g/mol. The molecule has 2 aliphatic rings. The van der Waals surface area contributed by atoms with Crippen molar-refractivity contribution in [1.29, 1.82) is 0 Å². The molecule has 9 nitrogen and oxygen atoms in total.